The van der Waals surface area contributed by atoms with E-state index in [1.165, 1.54) is 19.3 Å². The van der Waals surface area contributed by atoms with Crippen molar-refractivity contribution >= 4 is 11.9 Å². The van der Waals surface area contributed by atoms with E-state index < -0.39 is 23.4 Å². The van der Waals surface area contributed by atoms with Crippen molar-refractivity contribution in [3.8, 4) is 0 Å². The second kappa shape index (κ2) is 16.3. The molecule has 0 saturated heterocycles. The average Bonchev–Trinajstić information content (AvgIpc) is 2.40. The predicted molar refractivity (Wildman–Crippen MR) is 84.2 cm³/mol. The smallest absolute Gasteiger partial charge is 1.00 e. The van der Waals surface area contributed by atoms with Crippen LogP contribution in [0.25, 0.3) is 0 Å². The van der Waals surface area contributed by atoms with Crippen molar-refractivity contribution in [2.45, 2.75) is 70.3 Å². The normalized spacial score (nSPS) is 12.9. The Balaban J connectivity index is -0.000000333. The van der Waals surface area contributed by atoms with Gasteiger partial charge in [0, 0.05) is 5.54 Å². The third-order valence-electron chi connectivity index (χ3n) is 3.88. The number of nitrogens with two attached hydrogens (primary N) is 2. The Morgan fingerprint density at radius 3 is 1.91 bits per heavy atom. The van der Waals surface area contributed by atoms with Gasteiger partial charge in [0.1, 0.15) is 0 Å². The molecule has 0 aromatic rings. The maximum absolute atomic E-state index is 11.0. The van der Waals surface area contributed by atoms with Crippen molar-refractivity contribution in [3.05, 3.63) is 0 Å². The number of carboxylic acids is 2. The standard InChI is InChI=1S/C15H30N2O4.2Na.2H/c1-2-3-4-5-6-7-8-15(17,9-10-16)11-12(13(18)19)14(20)21;;;;/h12H,2-11,16-17H2,1H3,(H,18,19)(H,20,21);;;;/q;2*+1;2*-1. The van der Waals surface area contributed by atoms with E-state index in [0.29, 0.717) is 19.4 Å². The van der Waals surface area contributed by atoms with Crippen LogP contribution < -0.4 is 70.6 Å². The van der Waals surface area contributed by atoms with Crippen LogP contribution in [-0.4, -0.2) is 34.2 Å². The fourth-order valence-electron chi connectivity index (χ4n) is 2.56. The topological polar surface area (TPSA) is 127 Å². The van der Waals surface area contributed by atoms with Crippen LogP contribution in [-0.2, 0) is 9.59 Å². The van der Waals surface area contributed by atoms with Crippen molar-refractivity contribution in [1.29, 1.82) is 0 Å². The molecule has 6 nitrogen and oxygen atoms in total. The van der Waals surface area contributed by atoms with E-state index >= 15 is 0 Å². The number of aliphatic carboxylic acids is 2. The minimum atomic E-state index is -1.46. The second-order valence-electron chi connectivity index (χ2n) is 5.85. The Morgan fingerprint density at radius 1 is 1.00 bits per heavy atom. The van der Waals surface area contributed by atoms with Gasteiger partial charge in [-0.15, -0.1) is 0 Å². The Bertz CT molecular complexity index is 329. The average molecular weight is 350 g/mol. The molecule has 23 heavy (non-hydrogen) atoms. The maximum atomic E-state index is 11.0. The molecule has 0 saturated carbocycles. The molecule has 0 rings (SSSR count). The quantitative estimate of drug-likeness (QED) is 0.153. The molecule has 0 aliphatic heterocycles. The number of hydrogen-bond donors (Lipinski definition) is 4. The van der Waals surface area contributed by atoms with Gasteiger partial charge in [-0.1, -0.05) is 45.4 Å². The summed E-state index contributed by atoms with van der Waals surface area (Å²) in [4.78, 5) is 22.0. The number of rotatable bonds is 13. The van der Waals surface area contributed by atoms with Gasteiger partial charge in [-0.05, 0) is 25.8 Å². The first kappa shape index (κ1) is 28.7. The van der Waals surface area contributed by atoms with E-state index in [1.807, 2.05) is 0 Å². The number of carboxylic acid groups (broad SMARTS) is 2. The zero-order valence-electron chi connectivity index (χ0n) is 17.0. The van der Waals surface area contributed by atoms with Crippen LogP contribution in [0, 0.1) is 5.92 Å². The predicted octanol–water partition coefficient (Wildman–Crippen LogP) is -3.81. The first-order valence-corrected chi connectivity index (χ1v) is 7.81. The van der Waals surface area contributed by atoms with Crippen LogP contribution in [0.5, 0.6) is 0 Å². The molecule has 0 aromatic heterocycles. The van der Waals surface area contributed by atoms with Gasteiger partial charge in [0.05, 0.1) is 0 Å². The summed E-state index contributed by atoms with van der Waals surface area (Å²) in [5.41, 5.74) is 11.0. The minimum absolute atomic E-state index is 0. The van der Waals surface area contributed by atoms with Crippen molar-refractivity contribution in [2.24, 2.45) is 17.4 Å². The van der Waals surface area contributed by atoms with Crippen LogP contribution in [0.1, 0.15) is 67.6 Å². The van der Waals surface area contributed by atoms with Crippen molar-refractivity contribution in [2.75, 3.05) is 6.54 Å². The van der Waals surface area contributed by atoms with E-state index in [-0.39, 0.29) is 68.4 Å². The third-order valence-corrected chi connectivity index (χ3v) is 3.88. The minimum Gasteiger partial charge on any atom is -1.00 e. The van der Waals surface area contributed by atoms with Gasteiger partial charge in [-0.3, -0.25) is 9.59 Å². The van der Waals surface area contributed by atoms with E-state index in [4.69, 9.17) is 21.7 Å². The number of unbranched alkanes of at least 4 members (excludes halogenated alkanes) is 5. The van der Waals surface area contributed by atoms with E-state index in [9.17, 15) is 9.59 Å². The zero-order chi connectivity index (χ0) is 16.3. The molecule has 1 unspecified atom stereocenters. The summed E-state index contributed by atoms with van der Waals surface area (Å²) in [5.74, 6) is -4.13. The van der Waals surface area contributed by atoms with Gasteiger partial charge in [0.25, 0.3) is 0 Å². The van der Waals surface area contributed by atoms with Gasteiger partial charge in [0.2, 0.25) is 0 Å². The molecule has 6 N–H and O–H groups in total. The van der Waals surface area contributed by atoms with E-state index in [1.54, 1.807) is 0 Å². The van der Waals surface area contributed by atoms with Crippen molar-refractivity contribution < 1.29 is 81.8 Å². The summed E-state index contributed by atoms with van der Waals surface area (Å²) in [5, 5.41) is 18.0. The first-order chi connectivity index (χ1) is 9.86. The summed E-state index contributed by atoms with van der Waals surface area (Å²) >= 11 is 0. The van der Waals surface area contributed by atoms with Gasteiger partial charge >= 0.3 is 71.1 Å². The van der Waals surface area contributed by atoms with Gasteiger partial charge in [-0.2, -0.15) is 0 Å². The molecule has 0 bridgehead atoms. The zero-order valence-corrected chi connectivity index (χ0v) is 19.0. The first-order valence-electron chi connectivity index (χ1n) is 7.81. The fourth-order valence-corrected chi connectivity index (χ4v) is 2.56. The molecular formula is C15H32N2Na2O4. The Hall–Kier alpha value is 0.860. The summed E-state index contributed by atoms with van der Waals surface area (Å²) < 4.78 is 0. The monoisotopic (exact) mass is 350 g/mol. The fraction of sp³-hybridized carbons (Fsp3) is 0.867. The van der Waals surface area contributed by atoms with Crippen molar-refractivity contribution in [3.63, 3.8) is 0 Å². The second-order valence-corrected chi connectivity index (χ2v) is 5.85. The molecule has 0 spiro atoms. The van der Waals surface area contributed by atoms with Crippen LogP contribution in [0.3, 0.4) is 0 Å². The van der Waals surface area contributed by atoms with Crippen molar-refractivity contribution in [1.82, 2.24) is 0 Å². The van der Waals surface area contributed by atoms with Crippen LogP contribution in [0.2, 0.25) is 0 Å². The molecule has 8 heteroatoms. The molecule has 0 aliphatic rings. The van der Waals surface area contributed by atoms with Gasteiger partial charge < -0.3 is 24.5 Å². The molecule has 128 valence electrons. The summed E-state index contributed by atoms with van der Waals surface area (Å²) in [6.45, 7) is 2.49. The number of carbonyl (C=O) groups is 2. The summed E-state index contributed by atoms with van der Waals surface area (Å²) in [7, 11) is 0. The molecule has 0 amide bonds. The molecule has 1 atom stereocenters. The molecule has 0 aromatic carbocycles. The summed E-state index contributed by atoms with van der Waals surface area (Å²) in [6, 6.07) is 0. The SMILES string of the molecule is CCCCCCCCC(N)(CCN)CC(C(=O)O)C(=O)O.[H-].[H-].[Na+].[Na+]. The summed E-state index contributed by atoms with van der Waals surface area (Å²) in [6.07, 6.45) is 7.64. The maximum Gasteiger partial charge on any atom is 1.00 e. The number of hydrogen-bond acceptors (Lipinski definition) is 4. The third kappa shape index (κ3) is 13.8. The van der Waals surface area contributed by atoms with Gasteiger partial charge in [-0.25, -0.2) is 0 Å². The molecule has 0 aliphatic carbocycles. The molecule has 0 heterocycles. The Labute approximate surface area is 186 Å². The molecule has 0 radical (unpaired) electrons. The van der Waals surface area contributed by atoms with E-state index in [0.717, 1.165) is 19.3 Å². The molecular weight excluding hydrogens is 318 g/mol. The Morgan fingerprint density at radius 2 is 1.48 bits per heavy atom. The molecule has 0 fully saturated rings. The van der Waals surface area contributed by atoms with Crippen LogP contribution >= 0.6 is 0 Å². The van der Waals surface area contributed by atoms with Gasteiger partial charge in [0.15, 0.2) is 5.92 Å². The van der Waals surface area contributed by atoms with E-state index in [2.05, 4.69) is 6.92 Å². The van der Waals surface area contributed by atoms with Crippen LogP contribution in [0.4, 0.5) is 0 Å². The van der Waals surface area contributed by atoms with Crippen LogP contribution in [0.15, 0.2) is 0 Å². The Kier molecular flexibility index (Phi) is 20.4. The largest absolute Gasteiger partial charge is 1.00 e.